The summed E-state index contributed by atoms with van der Waals surface area (Å²) in [6.45, 7) is 8.08. The van der Waals surface area contributed by atoms with E-state index in [1.807, 2.05) is 24.3 Å². The van der Waals surface area contributed by atoms with Gasteiger partial charge in [0.25, 0.3) is 6.71 Å². The maximum absolute atomic E-state index is 14.5. The lowest BCUT2D eigenvalue weighted by atomic mass is 9.33. The summed E-state index contributed by atoms with van der Waals surface area (Å²) in [7, 11) is 0. The zero-order valence-electron chi connectivity index (χ0n) is 37.0. The van der Waals surface area contributed by atoms with Crippen molar-refractivity contribution in [3.05, 3.63) is 216 Å². The molecule has 0 aliphatic carbocycles. The Hall–Kier alpha value is -7.77. The Morgan fingerprint density at radius 1 is 0.379 bits per heavy atom. The van der Waals surface area contributed by atoms with Crippen LogP contribution in [-0.4, -0.2) is 13.1 Å². The number of hydrogen-bond donors (Lipinski definition) is 0. The Morgan fingerprint density at radius 3 is 1.06 bits per heavy atom. The van der Waals surface area contributed by atoms with Crippen LogP contribution in [0.15, 0.2) is 194 Å². The van der Waals surface area contributed by atoms with Gasteiger partial charge in [0, 0.05) is 46.3 Å². The first-order valence-corrected chi connectivity index (χ1v) is 22.3. The lowest BCUT2D eigenvalue weighted by Gasteiger charge is -2.44. The van der Waals surface area contributed by atoms with Gasteiger partial charge in [-0.1, -0.05) is 146 Å². The summed E-state index contributed by atoms with van der Waals surface area (Å²) >= 11 is 0. The minimum Gasteiger partial charge on any atom is -0.406 e. The molecule has 0 saturated carbocycles. The van der Waals surface area contributed by atoms with Crippen molar-refractivity contribution >= 4 is 57.2 Å². The number of alkyl halides is 3. The maximum atomic E-state index is 14.5. The SMILES string of the molecule is Cc1ccccc1-c1ccc(N2c3ccc(-c4ccccc4C)cc3B3c4cc(-c5ccccc5C)ccc4N(c4ccc(-c5ccccc5C)cc4)c4cc(OC(F)(F)F)cc2c43)cc1. The van der Waals surface area contributed by atoms with E-state index >= 15 is 0 Å². The van der Waals surface area contributed by atoms with Crippen molar-refractivity contribution in [3.8, 4) is 50.3 Å². The van der Waals surface area contributed by atoms with Gasteiger partial charge in [-0.15, -0.1) is 13.2 Å². The topological polar surface area (TPSA) is 15.7 Å². The third-order valence-corrected chi connectivity index (χ3v) is 13.3. The molecule has 9 aromatic rings. The van der Waals surface area contributed by atoms with E-state index in [4.69, 9.17) is 4.74 Å². The standard InChI is InChI=1S/C59H44BF3N2O/c1-37-13-5-9-17-48(37)41-21-27-45(28-22-41)64-54-31-25-43(50-19-11-7-15-39(50)3)33-52(54)60-53-34-44(51-20-12-8-16-40(51)4)26-32-55(53)65(57-36-47(66-59(61,62)63)35-56(64)58(57)60)46-29-23-42(24-30-46)49-18-10-6-14-38(49)2/h5-36H,1-4H3. The van der Waals surface area contributed by atoms with E-state index in [1.165, 1.54) is 0 Å². The minimum atomic E-state index is -4.93. The van der Waals surface area contributed by atoms with Gasteiger partial charge in [-0.05, 0) is 147 Å². The van der Waals surface area contributed by atoms with E-state index in [0.717, 1.165) is 106 Å². The number of fused-ring (bicyclic) bond motifs is 4. The van der Waals surface area contributed by atoms with Crippen LogP contribution >= 0.6 is 0 Å². The molecule has 11 rings (SSSR count). The molecule has 0 amide bonds. The smallest absolute Gasteiger partial charge is 0.406 e. The zero-order chi connectivity index (χ0) is 45.3. The van der Waals surface area contributed by atoms with Crippen LogP contribution in [0.2, 0.25) is 0 Å². The Labute approximate surface area is 384 Å². The van der Waals surface area contributed by atoms with Crippen LogP contribution in [0.5, 0.6) is 5.75 Å². The third kappa shape index (κ3) is 7.12. The first-order chi connectivity index (χ1) is 32.0. The normalized spacial score (nSPS) is 12.7. The van der Waals surface area contributed by atoms with Crippen molar-refractivity contribution in [2.24, 2.45) is 0 Å². The van der Waals surface area contributed by atoms with Crippen molar-refractivity contribution in [2.75, 3.05) is 9.80 Å². The number of anilines is 6. The highest BCUT2D eigenvalue weighted by molar-refractivity contribution is 7.00. The molecule has 9 aromatic carbocycles. The van der Waals surface area contributed by atoms with Gasteiger partial charge < -0.3 is 14.5 Å². The van der Waals surface area contributed by atoms with Crippen molar-refractivity contribution in [1.29, 1.82) is 0 Å². The molecule has 66 heavy (non-hydrogen) atoms. The Kier molecular flexibility index (Phi) is 9.96. The van der Waals surface area contributed by atoms with Crippen LogP contribution < -0.4 is 30.9 Å². The minimum absolute atomic E-state index is 0.293. The highest BCUT2D eigenvalue weighted by Gasteiger charge is 2.45. The monoisotopic (exact) mass is 864 g/mol. The Morgan fingerprint density at radius 2 is 0.712 bits per heavy atom. The largest absolute Gasteiger partial charge is 0.573 e. The van der Waals surface area contributed by atoms with Gasteiger partial charge in [0.05, 0.1) is 0 Å². The molecule has 3 nitrogen and oxygen atoms in total. The summed E-state index contributed by atoms with van der Waals surface area (Å²) in [4.78, 5) is 4.24. The summed E-state index contributed by atoms with van der Waals surface area (Å²) in [6, 6.07) is 66.2. The molecule has 2 aliphatic heterocycles. The second-order valence-corrected chi connectivity index (χ2v) is 17.4. The highest BCUT2D eigenvalue weighted by Crippen LogP contribution is 2.48. The van der Waals surface area contributed by atoms with Crippen molar-refractivity contribution in [3.63, 3.8) is 0 Å². The van der Waals surface area contributed by atoms with Crippen LogP contribution in [0, 0.1) is 27.7 Å². The van der Waals surface area contributed by atoms with E-state index in [2.05, 4.69) is 195 Å². The molecule has 0 atom stereocenters. The molecule has 2 heterocycles. The molecule has 0 aromatic heterocycles. The zero-order valence-corrected chi connectivity index (χ0v) is 37.0. The van der Waals surface area contributed by atoms with E-state index in [-0.39, 0.29) is 12.5 Å². The summed E-state index contributed by atoms with van der Waals surface area (Å²) < 4.78 is 48.5. The quantitative estimate of drug-likeness (QED) is 0.148. The first-order valence-electron chi connectivity index (χ1n) is 22.3. The van der Waals surface area contributed by atoms with Crippen molar-refractivity contribution < 1.29 is 17.9 Å². The van der Waals surface area contributed by atoms with Crippen LogP contribution in [0.25, 0.3) is 44.5 Å². The van der Waals surface area contributed by atoms with Crippen LogP contribution in [0.4, 0.5) is 47.3 Å². The molecule has 320 valence electrons. The predicted octanol–water partition coefficient (Wildman–Crippen LogP) is 14.6. The third-order valence-electron chi connectivity index (χ3n) is 13.3. The predicted molar refractivity (Wildman–Crippen MR) is 268 cm³/mol. The lowest BCUT2D eigenvalue weighted by Crippen LogP contribution is -2.61. The number of benzene rings is 9. The van der Waals surface area contributed by atoms with E-state index in [9.17, 15) is 13.2 Å². The van der Waals surface area contributed by atoms with E-state index < -0.39 is 6.36 Å². The van der Waals surface area contributed by atoms with Crippen molar-refractivity contribution in [2.45, 2.75) is 34.1 Å². The maximum Gasteiger partial charge on any atom is 0.573 e. The van der Waals surface area contributed by atoms with Crippen molar-refractivity contribution in [1.82, 2.24) is 0 Å². The van der Waals surface area contributed by atoms with Crippen LogP contribution in [-0.2, 0) is 0 Å². The molecule has 0 saturated heterocycles. The Bertz CT molecular complexity index is 3130. The highest BCUT2D eigenvalue weighted by atomic mass is 19.4. The molecule has 0 radical (unpaired) electrons. The molecular formula is C59H44BF3N2O. The summed E-state index contributed by atoms with van der Waals surface area (Å²) in [5.74, 6) is -0.293. The van der Waals surface area contributed by atoms with Crippen LogP contribution in [0.1, 0.15) is 22.3 Å². The number of halogens is 3. The number of nitrogens with zero attached hydrogens (tertiary/aromatic N) is 2. The summed E-state index contributed by atoms with van der Waals surface area (Å²) in [5, 5.41) is 0. The van der Waals surface area contributed by atoms with Gasteiger partial charge in [-0.2, -0.15) is 0 Å². The molecule has 2 aliphatic rings. The number of ether oxygens (including phenoxy) is 1. The van der Waals surface area contributed by atoms with E-state index in [0.29, 0.717) is 11.4 Å². The number of hydrogen-bond acceptors (Lipinski definition) is 3. The molecule has 7 heteroatoms. The number of aryl methyl sites for hydroxylation is 4. The van der Waals surface area contributed by atoms with Gasteiger partial charge in [0.15, 0.2) is 0 Å². The fourth-order valence-electron chi connectivity index (χ4n) is 10.2. The van der Waals surface area contributed by atoms with Crippen LogP contribution in [0.3, 0.4) is 0 Å². The molecule has 0 fully saturated rings. The molecule has 0 bridgehead atoms. The average Bonchev–Trinajstić information content (AvgIpc) is 3.31. The second-order valence-electron chi connectivity index (χ2n) is 17.4. The fraction of sp³-hybridized carbons (Fsp3) is 0.0847. The van der Waals surface area contributed by atoms with Gasteiger partial charge in [0.2, 0.25) is 0 Å². The van der Waals surface area contributed by atoms with E-state index in [1.54, 1.807) is 12.1 Å². The average molecular weight is 865 g/mol. The Balaban J connectivity index is 1.20. The van der Waals surface area contributed by atoms with Gasteiger partial charge in [-0.25, -0.2) is 0 Å². The van der Waals surface area contributed by atoms with Gasteiger partial charge >= 0.3 is 6.36 Å². The summed E-state index contributed by atoms with van der Waals surface area (Å²) in [6.07, 6.45) is -4.93. The van der Waals surface area contributed by atoms with Gasteiger partial charge in [-0.3, -0.25) is 0 Å². The summed E-state index contributed by atoms with van der Waals surface area (Å²) in [5.41, 5.74) is 20.9. The molecular weight excluding hydrogens is 820 g/mol. The molecule has 0 N–H and O–H groups in total. The fourth-order valence-corrected chi connectivity index (χ4v) is 10.2. The first kappa shape index (κ1) is 41.0. The van der Waals surface area contributed by atoms with Gasteiger partial charge in [0.1, 0.15) is 5.75 Å². The number of rotatable bonds is 7. The molecule has 0 spiro atoms. The molecule has 0 unspecified atom stereocenters. The lowest BCUT2D eigenvalue weighted by molar-refractivity contribution is -0.274. The second kappa shape index (κ2) is 16.0.